The van der Waals surface area contributed by atoms with Gasteiger partial charge in [-0.3, -0.25) is 9.59 Å². The summed E-state index contributed by atoms with van der Waals surface area (Å²) < 4.78 is 13.9. The first kappa shape index (κ1) is 18.1. The molecule has 5 heteroatoms. The lowest BCUT2D eigenvalue weighted by molar-refractivity contribution is -0.141. The van der Waals surface area contributed by atoms with E-state index < -0.39 is 17.3 Å². The molecule has 0 bridgehead atoms. The first-order valence-corrected chi connectivity index (χ1v) is 8.79. The fourth-order valence-corrected chi connectivity index (χ4v) is 3.19. The van der Waals surface area contributed by atoms with Crippen LogP contribution in [0.5, 0.6) is 0 Å². The third kappa shape index (κ3) is 4.28. The molecule has 4 nitrogen and oxygen atoms in total. The van der Waals surface area contributed by atoms with Crippen molar-refractivity contribution in [2.45, 2.75) is 25.7 Å². The van der Waals surface area contributed by atoms with Gasteiger partial charge >= 0.3 is 5.97 Å². The zero-order valence-electron chi connectivity index (χ0n) is 14.5. The van der Waals surface area contributed by atoms with Gasteiger partial charge in [0.15, 0.2) is 0 Å². The molecule has 0 aliphatic heterocycles. The quantitative estimate of drug-likeness (QED) is 0.764. The van der Waals surface area contributed by atoms with Crippen molar-refractivity contribution in [2.75, 3.05) is 6.54 Å². The summed E-state index contributed by atoms with van der Waals surface area (Å²) >= 11 is 0. The Bertz CT molecular complexity index is 787. The van der Waals surface area contributed by atoms with Gasteiger partial charge in [0.25, 0.3) is 0 Å². The second-order valence-electron chi connectivity index (χ2n) is 6.98. The molecule has 0 radical (unpaired) electrons. The minimum Gasteiger partial charge on any atom is -0.481 e. The van der Waals surface area contributed by atoms with Gasteiger partial charge in [-0.15, -0.1) is 0 Å². The molecule has 0 heterocycles. The number of halogens is 1. The second-order valence-corrected chi connectivity index (χ2v) is 6.98. The van der Waals surface area contributed by atoms with Crippen molar-refractivity contribution in [3.63, 3.8) is 0 Å². The number of hydrogen-bond donors (Lipinski definition) is 2. The molecule has 2 N–H and O–H groups in total. The standard InChI is InChI=1S/C21H22FNO3/c22-18-9-5-4-8-16(18)13-21(10-11-21)20(26)23-14-17(19(24)25)12-15-6-2-1-3-7-15/h1-9,17H,10-14H2,(H,23,26)(H,24,25). The highest BCUT2D eigenvalue weighted by molar-refractivity contribution is 5.86. The SMILES string of the molecule is O=C(O)C(CNC(=O)C1(Cc2ccccc2F)CC1)Cc1ccccc1. The van der Waals surface area contributed by atoms with Gasteiger partial charge in [0.1, 0.15) is 5.82 Å². The van der Waals surface area contributed by atoms with Crippen LogP contribution in [0.15, 0.2) is 54.6 Å². The van der Waals surface area contributed by atoms with Gasteiger partial charge in [-0.25, -0.2) is 4.39 Å². The summed E-state index contributed by atoms with van der Waals surface area (Å²) in [6, 6.07) is 15.8. The number of carbonyl (C=O) groups is 2. The maximum Gasteiger partial charge on any atom is 0.308 e. The average molecular weight is 355 g/mol. The number of amides is 1. The minimum absolute atomic E-state index is 0.0715. The Balaban J connectivity index is 1.60. The van der Waals surface area contributed by atoms with E-state index in [1.807, 2.05) is 30.3 Å². The van der Waals surface area contributed by atoms with Crippen LogP contribution in [0.25, 0.3) is 0 Å². The molecule has 1 unspecified atom stereocenters. The number of aliphatic carboxylic acids is 1. The summed E-state index contributed by atoms with van der Waals surface area (Å²) in [6.45, 7) is 0.0715. The lowest BCUT2D eigenvalue weighted by atomic mass is 9.94. The van der Waals surface area contributed by atoms with Gasteiger partial charge < -0.3 is 10.4 Å². The Morgan fingerprint density at radius 1 is 1.08 bits per heavy atom. The van der Waals surface area contributed by atoms with Crippen molar-refractivity contribution >= 4 is 11.9 Å². The molecule has 1 fully saturated rings. The van der Waals surface area contributed by atoms with Crippen LogP contribution < -0.4 is 5.32 Å². The Morgan fingerprint density at radius 2 is 1.73 bits per heavy atom. The van der Waals surface area contributed by atoms with Gasteiger partial charge in [-0.05, 0) is 42.9 Å². The number of rotatable bonds is 8. The van der Waals surface area contributed by atoms with E-state index in [0.29, 0.717) is 31.2 Å². The van der Waals surface area contributed by atoms with Gasteiger partial charge in [-0.2, -0.15) is 0 Å². The Hall–Kier alpha value is -2.69. The molecule has 0 spiro atoms. The number of hydrogen-bond acceptors (Lipinski definition) is 2. The van der Waals surface area contributed by atoms with E-state index in [2.05, 4.69) is 5.32 Å². The van der Waals surface area contributed by atoms with Gasteiger partial charge in [0.2, 0.25) is 5.91 Å². The van der Waals surface area contributed by atoms with Crippen LogP contribution in [0.4, 0.5) is 4.39 Å². The summed E-state index contributed by atoms with van der Waals surface area (Å²) in [5, 5.41) is 12.2. The molecular formula is C21H22FNO3. The number of carboxylic acids is 1. The summed E-state index contributed by atoms with van der Waals surface area (Å²) in [6.07, 6.45) is 2.10. The summed E-state index contributed by atoms with van der Waals surface area (Å²) in [5.41, 5.74) is 0.846. The first-order chi connectivity index (χ1) is 12.5. The molecule has 1 saturated carbocycles. The normalized spacial score (nSPS) is 15.9. The number of benzene rings is 2. The predicted octanol–water partition coefficient (Wildman–Crippen LogP) is 3.21. The van der Waals surface area contributed by atoms with Crippen LogP contribution in [-0.4, -0.2) is 23.5 Å². The Morgan fingerprint density at radius 3 is 2.35 bits per heavy atom. The van der Waals surface area contributed by atoms with Gasteiger partial charge in [0.05, 0.1) is 11.3 Å². The third-order valence-electron chi connectivity index (χ3n) is 5.01. The number of nitrogens with one attached hydrogen (secondary N) is 1. The van der Waals surface area contributed by atoms with Crippen molar-refractivity contribution < 1.29 is 19.1 Å². The first-order valence-electron chi connectivity index (χ1n) is 8.79. The van der Waals surface area contributed by atoms with Crippen LogP contribution in [0.3, 0.4) is 0 Å². The van der Waals surface area contributed by atoms with Crippen LogP contribution in [0, 0.1) is 17.2 Å². The number of carboxylic acid groups (broad SMARTS) is 1. The maximum atomic E-state index is 13.9. The van der Waals surface area contributed by atoms with E-state index >= 15 is 0 Å². The summed E-state index contributed by atoms with van der Waals surface area (Å²) in [5.74, 6) is -2.11. The monoisotopic (exact) mass is 355 g/mol. The van der Waals surface area contributed by atoms with E-state index in [1.54, 1.807) is 18.2 Å². The van der Waals surface area contributed by atoms with Crippen molar-refractivity contribution in [1.82, 2.24) is 5.32 Å². The molecular weight excluding hydrogens is 333 g/mol. The zero-order valence-corrected chi connectivity index (χ0v) is 14.5. The Labute approximate surface area is 152 Å². The van der Waals surface area contributed by atoms with E-state index in [4.69, 9.17) is 0 Å². The predicted molar refractivity (Wildman–Crippen MR) is 96.1 cm³/mol. The molecule has 26 heavy (non-hydrogen) atoms. The molecule has 2 aromatic rings. The van der Waals surface area contributed by atoms with Crippen LogP contribution >= 0.6 is 0 Å². The van der Waals surface area contributed by atoms with Gasteiger partial charge in [0, 0.05) is 6.54 Å². The molecule has 1 aliphatic rings. The zero-order chi connectivity index (χ0) is 18.6. The van der Waals surface area contributed by atoms with E-state index in [1.165, 1.54) is 6.07 Å². The lowest BCUT2D eigenvalue weighted by Crippen LogP contribution is -2.39. The van der Waals surface area contributed by atoms with Crippen LogP contribution in [0.1, 0.15) is 24.0 Å². The molecule has 3 rings (SSSR count). The molecule has 0 saturated heterocycles. The smallest absolute Gasteiger partial charge is 0.308 e. The maximum absolute atomic E-state index is 13.9. The molecule has 1 amide bonds. The minimum atomic E-state index is -0.937. The fourth-order valence-electron chi connectivity index (χ4n) is 3.19. The Kier molecular flexibility index (Phi) is 5.35. The molecule has 136 valence electrons. The molecule has 2 aromatic carbocycles. The lowest BCUT2D eigenvalue weighted by Gasteiger charge is -2.18. The highest BCUT2D eigenvalue weighted by atomic mass is 19.1. The highest BCUT2D eigenvalue weighted by Crippen LogP contribution is 2.48. The summed E-state index contributed by atoms with van der Waals surface area (Å²) in [7, 11) is 0. The van der Waals surface area contributed by atoms with Crippen LogP contribution in [-0.2, 0) is 22.4 Å². The van der Waals surface area contributed by atoms with Crippen LogP contribution in [0.2, 0.25) is 0 Å². The third-order valence-corrected chi connectivity index (χ3v) is 5.01. The highest BCUT2D eigenvalue weighted by Gasteiger charge is 2.50. The topological polar surface area (TPSA) is 66.4 Å². The van der Waals surface area contributed by atoms with Crippen molar-refractivity contribution in [2.24, 2.45) is 11.3 Å². The van der Waals surface area contributed by atoms with Gasteiger partial charge in [-0.1, -0.05) is 48.5 Å². The van der Waals surface area contributed by atoms with E-state index in [9.17, 15) is 19.1 Å². The molecule has 1 aliphatic carbocycles. The number of carbonyl (C=O) groups excluding carboxylic acids is 1. The van der Waals surface area contributed by atoms with E-state index in [0.717, 1.165) is 5.56 Å². The summed E-state index contributed by atoms with van der Waals surface area (Å²) in [4.78, 5) is 24.1. The van der Waals surface area contributed by atoms with E-state index in [-0.39, 0.29) is 18.3 Å². The molecule has 0 aromatic heterocycles. The fraction of sp³-hybridized carbons (Fsp3) is 0.333. The largest absolute Gasteiger partial charge is 0.481 e. The average Bonchev–Trinajstić information content (AvgIpc) is 3.42. The van der Waals surface area contributed by atoms with Crippen molar-refractivity contribution in [3.05, 3.63) is 71.5 Å². The van der Waals surface area contributed by atoms with Crippen molar-refractivity contribution in [3.8, 4) is 0 Å². The van der Waals surface area contributed by atoms with Crippen molar-refractivity contribution in [1.29, 1.82) is 0 Å². The molecule has 1 atom stereocenters. The second kappa shape index (κ2) is 7.68.